The Kier molecular flexibility index (Phi) is 10.3. The normalized spacial score (nSPS) is 12.9. The maximum Gasteiger partial charge on any atom is 0.344 e. The standard InChI is InChI=1S/C37H31IO7/c38-34-30(17-19-32(43-24-27-12-6-2-7-13-27)35(34)44-25-28-14-8-3-9-15-28)36(39)45-33-22-29(37-40-20-21-41-37)16-18-31(33)42-23-26-10-4-1-5-11-26/h1-19,22,37H,20-21,23-25H2. The Labute approximate surface area is 275 Å². The maximum atomic E-state index is 13.8. The molecule has 6 rings (SSSR count). The number of hydrogen-bond donors (Lipinski definition) is 0. The van der Waals surface area contributed by atoms with E-state index < -0.39 is 12.3 Å². The highest BCUT2D eigenvalue weighted by molar-refractivity contribution is 14.1. The summed E-state index contributed by atoms with van der Waals surface area (Å²) in [5.74, 6) is 1.12. The van der Waals surface area contributed by atoms with Crippen LogP contribution in [-0.4, -0.2) is 19.2 Å². The number of carbonyl (C=O) groups excluding carboxylic acids is 1. The molecule has 0 atom stereocenters. The summed E-state index contributed by atoms with van der Waals surface area (Å²) in [6, 6.07) is 38.3. The van der Waals surface area contributed by atoms with Crippen LogP contribution in [0.2, 0.25) is 0 Å². The van der Waals surface area contributed by atoms with Crippen LogP contribution in [0.4, 0.5) is 0 Å². The van der Waals surface area contributed by atoms with Crippen LogP contribution in [0.1, 0.15) is 38.9 Å². The Morgan fingerprint density at radius 2 is 1.13 bits per heavy atom. The topological polar surface area (TPSA) is 72.5 Å². The molecule has 0 N–H and O–H groups in total. The number of benzene rings is 5. The molecule has 0 radical (unpaired) electrons. The lowest BCUT2D eigenvalue weighted by atomic mass is 10.1. The summed E-state index contributed by atoms with van der Waals surface area (Å²) in [5, 5.41) is 0. The number of halogens is 1. The summed E-state index contributed by atoms with van der Waals surface area (Å²) in [4.78, 5) is 13.8. The van der Waals surface area contributed by atoms with Gasteiger partial charge in [-0.15, -0.1) is 0 Å². The van der Waals surface area contributed by atoms with Crippen molar-refractivity contribution in [2.24, 2.45) is 0 Å². The second-order valence-electron chi connectivity index (χ2n) is 10.2. The van der Waals surface area contributed by atoms with Gasteiger partial charge >= 0.3 is 5.97 Å². The molecule has 1 aliphatic heterocycles. The average Bonchev–Trinajstić information content (AvgIpc) is 3.63. The van der Waals surface area contributed by atoms with Crippen LogP contribution in [-0.2, 0) is 29.3 Å². The maximum absolute atomic E-state index is 13.8. The molecule has 1 fully saturated rings. The van der Waals surface area contributed by atoms with E-state index in [2.05, 4.69) is 22.6 Å². The predicted octanol–water partition coefficient (Wildman–Crippen LogP) is 8.29. The van der Waals surface area contributed by atoms with Gasteiger partial charge in [0.05, 0.1) is 22.3 Å². The Bertz CT molecular complexity index is 1710. The van der Waals surface area contributed by atoms with E-state index in [9.17, 15) is 4.79 Å². The monoisotopic (exact) mass is 714 g/mol. The minimum absolute atomic E-state index is 0.263. The number of carbonyl (C=O) groups is 1. The smallest absolute Gasteiger partial charge is 0.344 e. The van der Waals surface area contributed by atoms with Gasteiger partial charge in [-0.2, -0.15) is 0 Å². The lowest BCUT2D eigenvalue weighted by Gasteiger charge is -2.18. The summed E-state index contributed by atoms with van der Waals surface area (Å²) in [5.41, 5.74) is 4.06. The van der Waals surface area contributed by atoms with Crippen molar-refractivity contribution in [2.45, 2.75) is 26.1 Å². The Morgan fingerprint density at radius 3 is 1.71 bits per heavy atom. The fourth-order valence-corrected chi connectivity index (χ4v) is 5.54. The van der Waals surface area contributed by atoms with E-state index in [4.69, 9.17) is 28.4 Å². The summed E-state index contributed by atoms with van der Waals surface area (Å²) in [6.45, 7) is 1.95. The van der Waals surface area contributed by atoms with Gasteiger partial charge in [-0.25, -0.2) is 4.79 Å². The minimum Gasteiger partial charge on any atom is -0.485 e. The van der Waals surface area contributed by atoms with Gasteiger partial charge in [0.25, 0.3) is 0 Å². The van der Waals surface area contributed by atoms with Crippen LogP contribution in [0.3, 0.4) is 0 Å². The number of rotatable bonds is 12. The van der Waals surface area contributed by atoms with Gasteiger partial charge in [-0.1, -0.05) is 97.1 Å². The third-order valence-corrected chi connectivity index (χ3v) is 8.12. The third kappa shape index (κ3) is 8.02. The molecule has 0 bridgehead atoms. The molecule has 1 heterocycles. The summed E-state index contributed by atoms with van der Waals surface area (Å²) in [6.07, 6.45) is -0.537. The van der Waals surface area contributed by atoms with Crippen LogP contribution in [0.15, 0.2) is 121 Å². The lowest BCUT2D eigenvalue weighted by molar-refractivity contribution is -0.0442. The van der Waals surface area contributed by atoms with Crippen molar-refractivity contribution >= 4 is 28.6 Å². The van der Waals surface area contributed by atoms with Crippen LogP contribution < -0.4 is 18.9 Å². The van der Waals surface area contributed by atoms with Crippen molar-refractivity contribution in [3.8, 4) is 23.0 Å². The molecule has 0 unspecified atom stereocenters. The van der Waals surface area contributed by atoms with Gasteiger partial charge in [0.1, 0.15) is 19.8 Å². The molecule has 1 aliphatic rings. The highest BCUT2D eigenvalue weighted by atomic mass is 127. The molecule has 45 heavy (non-hydrogen) atoms. The Balaban J connectivity index is 1.27. The molecule has 0 saturated carbocycles. The highest BCUT2D eigenvalue weighted by Gasteiger charge is 2.24. The van der Waals surface area contributed by atoms with Crippen LogP contribution in [0, 0.1) is 3.57 Å². The van der Waals surface area contributed by atoms with Crippen LogP contribution in [0.5, 0.6) is 23.0 Å². The SMILES string of the molecule is O=C(Oc1cc(C2OCCO2)ccc1OCc1ccccc1)c1ccc(OCc2ccccc2)c(OCc2ccccc2)c1I. The molecule has 0 aromatic heterocycles. The molecule has 7 nitrogen and oxygen atoms in total. The summed E-state index contributed by atoms with van der Waals surface area (Å²) >= 11 is 2.12. The summed E-state index contributed by atoms with van der Waals surface area (Å²) < 4.78 is 36.5. The van der Waals surface area contributed by atoms with Crippen molar-refractivity contribution in [1.29, 1.82) is 0 Å². The van der Waals surface area contributed by atoms with E-state index >= 15 is 0 Å². The largest absolute Gasteiger partial charge is 0.485 e. The zero-order valence-corrected chi connectivity index (χ0v) is 26.6. The first-order chi connectivity index (χ1) is 22.1. The molecule has 8 heteroatoms. The molecule has 5 aromatic rings. The Hall–Kier alpha value is -4.38. The van der Waals surface area contributed by atoms with Gasteiger partial charge < -0.3 is 28.4 Å². The molecular formula is C37H31IO7. The molecule has 5 aromatic carbocycles. The second kappa shape index (κ2) is 15.1. The number of esters is 1. The molecule has 0 spiro atoms. The van der Waals surface area contributed by atoms with Gasteiger partial charge in [-0.3, -0.25) is 0 Å². The van der Waals surface area contributed by atoms with Crippen molar-refractivity contribution in [3.63, 3.8) is 0 Å². The highest BCUT2D eigenvalue weighted by Crippen LogP contribution is 2.38. The van der Waals surface area contributed by atoms with E-state index in [0.717, 1.165) is 22.3 Å². The average molecular weight is 715 g/mol. The van der Waals surface area contributed by atoms with Crippen LogP contribution in [0.25, 0.3) is 0 Å². The molecular weight excluding hydrogens is 683 g/mol. The predicted molar refractivity (Wildman–Crippen MR) is 178 cm³/mol. The van der Waals surface area contributed by atoms with Crippen molar-refractivity contribution in [1.82, 2.24) is 0 Å². The molecule has 1 saturated heterocycles. The zero-order chi connectivity index (χ0) is 30.8. The van der Waals surface area contributed by atoms with E-state index in [1.165, 1.54) is 0 Å². The first-order valence-electron chi connectivity index (χ1n) is 14.6. The molecule has 228 valence electrons. The van der Waals surface area contributed by atoms with Crippen molar-refractivity contribution in [2.75, 3.05) is 13.2 Å². The number of hydrogen-bond acceptors (Lipinski definition) is 7. The van der Waals surface area contributed by atoms with E-state index in [1.807, 2.05) is 97.1 Å². The van der Waals surface area contributed by atoms with E-state index in [1.54, 1.807) is 24.3 Å². The van der Waals surface area contributed by atoms with Gasteiger partial charge in [-0.05, 0) is 63.5 Å². The number of ether oxygens (including phenoxy) is 6. The molecule has 0 aliphatic carbocycles. The first-order valence-corrected chi connectivity index (χ1v) is 15.6. The Morgan fingerprint density at radius 1 is 0.622 bits per heavy atom. The van der Waals surface area contributed by atoms with Crippen LogP contribution >= 0.6 is 22.6 Å². The van der Waals surface area contributed by atoms with E-state index in [0.29, 0.717) is 59.4 Å². The summed E-state index contributed by atoms with van der Waals surface area (Å²) in [7, 11) is 0. The van der Waals surface area contributed by atoms with Crippen molar-refractivity contribution in [3.05, 3.63) is 153 Å². The van der Waals surface area contributed by atoms with Crippen molar-refractivity contribution < 1.29 is 33.2 Å². The third-order valence-electron chi connectivity index (χ3n) is 7.05. The quantitative estimate of drug-likeness (QED) is 0.0732. The van der Waals surface area contributed by atoms with Gasteiger partial charge in [0, 0.05) is 5.56 Å². The second-order valence-corrected chi connectivity index (χ2v) is 11.3. The van der Waals surface area contributed by atoms with E-state index in [-0.39, 0.29) is 5.75 Å². The minimum atomic E-state index is -0.562. The first kappa shape index (κ1) is 30.6. The van der Waals surface area contributed by atoms with Gasteiger partial charge in [0.2, 0.25) is 0 Å². The molecule has 0 amide bonds. The zero-order valence-electron chi connectivity index (χ0n) is 24.4. The van der Waals surface area contributed by atoms with Gasteiger partial charge in [0.15, 0.2) is 29.3 Å². The fraction of sp³-hybridized carbons (Fsp3) is 0.162. The fourth-order valence-electron chi connectivity index (χ4n) is 4.72. The lowest BCUT2D eigenvalue weighted by Crippen LogP contribution is -2.13.